The molecule has 1 heterocycles. The van der Waals surface area contributed by atoms with Gasteiger partial charge in [-0.25, -0.2) is 0 Å². The minimum absolute atomic E-state index is 0.146. The van der Waals surface area contributed by atoms with Crippen molar-refractivity contribution in [3.05, 3.63) is 23.8 Å². The SMILES string of the molecule is CNC(C)c1ccc(N2CCCC2CCCO)cc1O. The van der Waals surface area contributed by atoms with Crippen LogP contribution in [0.2, 0.25) is 0 Å². The Morgan fingerprint density at radius 2 is 2.25 bits per heavy atom. The van der Waals surface area contributed by atoms with Gasteiger partial charge in [-0.2, -0.15) is 0 Å². The fourth-order valence-corrected chi connectivity index (χ4v) is 3.04. The molecule has 3 N–H and O–H groups in total. The lowest BCUT2D eigenvalue weighted by atomic mass is 10.1. The second kappa shape index (κ2) is 6.95. The Morgan fingerprint density at radius 3 is 2.90 bits per heavy atom. The van der Waals surface area contributed by atoms with Crippen molar-refractivity contribution in [1.29, 1.82) is 0 Å². The Bertz CT molecular complexity index is 436. The Kier molecular flexibility index (Phi) is 5.26. The Hall–Kier alpha value is -1.26. The van der Waals surface area contributed by atoms with Crippen molar-refractivity contribution in [1.82, 2.24) is 5.32 Å². The van der Waals surface area contributed by atoms with Crippen LogP contribution in [0.1, 0.15) is 44.2 Å². The minimum Gasteiger partial charge on any atom is -0.508 e. The summed E-state index contributed by atoms with van der Waals surface area (Å²) in [6.45, 7) is 3.33. The summed E-state index contributed by atoms with van der Waals surface area (Å²) >= 11 is 0. The Balaban J connectivity index is 2.14. The van der Waals surface area contributed by atoms with Crippen molar-refractivity contribution in [2.75, 3.05) is 25.1 Å². The molecule has 1 aliphatic rings. The predicted octanol–water partition coefficient (Wildman–Crippen LogP) is 2.41. The molecule has 112 valence electrons. The van der Waals surface area contributed by atoms with Crippen molar-refractivity contribution in [3.63, 3.8) is 0 Å². The molecule has 4 nitrogen and oxygen atoms in total. The van der Waals surface area contributed by atoms with Crippen LogP contribution in [-0.2, 0) is 0 Å². The van der Waals surface area contributed by atoms with Crippen molar-refractivity contribution < 1.29 is 10.2 Å². The average Bonchev–Trinajstić information content (AvgIpc) is 2.92. The number of nitrogens with zero attached hydrogens (tertiary/aromatic N) is 1. The molecule has 1 aromatic carbocycles. The normalized spacial score (nSPS) is 20.4. The lowest BCUT2D eigenvalue weighted by molar-refractivity contribution is 0.279. The van der Waals surface area contributed by atoms with Gasteiger partial charge in [-0.3, -0.25) is 0 Å². The molecule has 0 saturated carbocycles. The van der Waals surface area contributed by atoms with Crippen molar-refractivity contribution >= 4 is 5.69 Å². The molecule has 0 spiro atoms. The number of rotatable bonds is 6. The van der Waals surface area contributed by atoms with Gasteiger partial charge in [0.05, 0.1) is 0 Å². The summed E-state index contributed by atoms with van der Waals surface area (Å²) in [5.74, 6) is 0.358. The summed E-state index contributed by atoms with van der Waals surface area (Å²) < 4.78 is 0. The van der Waals surface area contributed by atoms with E-state index in [2.05, 4.69) is 16.3 Å². The van der Waals surface area contributed by atoms with Gasteiger partial charge in [-0.05, 0) is 45.7 Å². The number of aliphatic hydroxyl groups excluding tert-OH is 1. The number of anilines is 1. The molecule has 1 fully saturated rings. The van der Waals surface area contributed by atoms with Gasteiger partial charge < -0.3 is 20.4 Å². The van der Waals surface area contributed by atoms with E-state index >= 15 is 0 Å². The summed E-state index contributed by atoms with van der Waals surface area (Å²) in [7, 11) is 1.89. The maximum absolute atomic E-state index is 10.2. The number of nitrogens with one attached hydrogen (secondary N) is 1. The third-order valence-electron chi connectivity index (χ3n) is 4.32. The fraction of sp³-hybridized carbons (Fsp3) is 0.625. The molecule has 20 heavy (non-hydrogen) atoms. The van der Waals surface area contributed by atoms with Crippen LogP contribution in [0.3, 0.4) is 0 Å². The maximum Gasteiger partial charge on any atom is 0.122 e. The summed E-state index contributed by atoms with van der Waals surface area (Å²) in [5.41, 5.74) is 2.03. The molecular weight excluding hydrogens is 252 g/mol. The van der Waals surface area contributed by atoms with Crippen molar-refractivity contribution in [3.8, 4) is 5.75 Å². The van der Waals surface area contributed by atoms with Crippen LogP contribution in [0.25, 0.3) is 0 Å². The third kappa shape index (κ3) is 3.25. The second-order valence-electron chi connectivity index (χ2n) is 5.61. The van der Waals surface area contributed by atoms with Gasteiger partial charge in [-0.15, -0.1) is 0 Å². The van der Waals surface area contributed by atoms with Gasteiger partial charge in [0.25, 0.3) is 0 Å². The van der Waals surface area contributed by atoms with E-state index in [4.69, 9.17) is 5.11 Å². The van der Waals surface area contributed by atoms with E-state index in [0.717, 1.165) is 30.6 Å². The first-order chi connectivity index (χ1) is 9.67. The summed E-state index contributed by atoms with van der Waals surface area (Å²) in [5, 5.41) is 22.3. The lowest BCUT2D eigenvalue weighted by Crippen LogP contribution is -2.29. The zero-order valence-electron chi connectivity index (χ0n) is 12.5. The minimum atomic E-state index is 0.146. The molecule has 0 aromatic heterocycles. The first-order valence-electron chi connectivity index (χ1n) is 7.55. The molecule has 1 aromatic rings. The quantitative estimate of drug-likeness (QED) is 0.748. The van der Waals surface area contributed by atoms with Gasteiger partial charge in [0.15, 0.2) is 0 Å². The standard InChI is InChI=1S/C16H26N2O2/c1-12(17-2)15-8-7-14(11-16(15)20)18-9-3-5-13(18)6-4-10-19/h7-8,11-13,17,19-20H,3-6,9-10H2,1-2H3. The van der Waals surface area contributed by atoms with Crippen LogP contribution in [0.15, 0.2) is 18.2 Å². The highest BCUT2D eigenvalue weighted by Crippen LogP contribution is 2.33. The molecule has 2 rings (SSSR count). The number of phenols is 1. The van der Waals surface area contributed by atoms with Crippen LogP contribution in [0, 0.1) is 0 Å². The summed E-state index contributed by atoms with van der Waals surface area (Å²) in [4.78, 5) is 2.36. The summed E-state index contributed by atoms with van der Waals surface area (Å²) in [6.07, 6.45) is 4.23. The molecule has 0 bridgehead atoms. The van der Waals surface area contributed by atoms with Gasteiger partial charge in [-0.1, -0.05) is 6.07 Å². The van der Waals surface area contributed by atoms with Gasteiger partial charge in [0, 0.05) is 42.6 Å². The van der Waals surface area contributed by atoms with Crippen LogP contribution in [-0.4, -0.2) is 36.5 Å². The van der Waals surface area contributed by atoms with E-state index in [9.17, 15) is 5.11 Å². The van der Waals surface area contributed by atoms with Crippen LogP contribution >= 0.6 is 0 Å². The highest BCUT2D eigenvalue weighted by atomic mass is 16.3. The van der Waals surface area contributed by atoms with E-state index in [1.807, 2.05) is 26.1 Å². The molecule has 4 heteroatoms. The van der Waals surface area contributed by atoms with E-state index in [1.54, 1.807) is 0 Å². The van der Waals surface area contributed by atoms with E-state index < -0.39 is 0 Å². The topological polar surface area (TPSA) is 55.7 Å². The molecular formula is C16H26N2O2. The van der Waals surface area contributed by atoms with E-state index in [-0.39, 0.29) is 12.6 Å². The molecule has 2 atom stereocenters. The number of aromatic hydroxyl groups is 1. The number of aliphatic hydroxyl groups is 1. The first kappa shape index (κ1) is 15.1. The van der Waals surface area contributed by atoms with Crippen LogP contribution in [0.4, 0.5) is 5.69 Å². The van der Waals surface area contributed by atoms with Crippen LogP contribution < -0.4 is 10.2 Å². The second-order valence-corrected chi connectivity index (χ2v) is 5.61. The smallest absolute Gasteiger partial charge is 0.122 e. The average molecular weight is 278 g/mol. The molecule has 2 unspecified atom stereocenters. The molecule has 0 radical (unpaired) electrons. The number of benzene rings is 1. The predicted molar refractivity (Wildman–Crippen MR) is 82.3 cm³/mol. The molecule has 0 amide bonds. The van der Waals surface area contributed by atoms with Crippen LogP contribution in [0.5, 0.6) is 5.75 Å². The number of hydrogen-bond acceptors (Lipinski definition) is 4. The number of hydrogen-bond donors (Lipinski definition) is 3. The first-order valence-corrected chi connectivity index (χ1v) is 7.55. The van der Waals surface area contributed by atoms with Gasteiger partial charge in [0.2, 0.25) is 0 Å². The van der Waals surface area contributed by atoms with Gasteiger partial charge in [0.1, 0.15) is 5.75 Å². The van der Waals surface area contributed by atoms with Crippen molar-refractivity contribution in [2.24, 2.45) is 0 Å². The Labute approximate surface area is 121 Å². The molecule has 1 aliphatic heterocycles. The molecule has 1 saturated heterocycles. The van der Waals surface area contributed by atoms with Crippen molar-refractivity contribution in [2.45, 2.75) is 44.7 Å². The highest BCUT2D eigenvalue weighted by molar-refractivity contribution is 5.55. The summed E-state index contributed by atoms with van der Waals surface area (Å²) in [6, 6.07) is 6.62. The number of phenolic OH excluding ortho intramolecular Hbond substituents is 1. The highest BCUT2D eigenvalue weighted by Gasteiger charge is 2.24. The monoisotopic (exact) mass is 278 g/mol. The largest absolute Gasteiger partial charge is 0.508 e. The zero-order valence-corrected chi connectivity index (χ0v) is 12.5. The van der Waals surface area contributed by atoms with E-state index in [0.29, 0.717) is 11.8 Å². The van der Waals surface area contributed by atoms with Gasteiger partial charge >= 0.3 is 0 Å². The third-order valence-corrected chi connectivity index (χ3v) is 4.32. The lowest BCUT2D eigenvalue weighted by Gasteiger charge is -2.27. The maximum atomic E-state index is 10.2. The molecule has 0 aliphatic carbocycles. The Morgan fingerprint density at radius 1 is 1.45 bits per heavy atom. The fourth-order valence-electron chi connectivity index (χ4n) is 3.04. The van der Waals surface area contributed by atoms with E-state index in [1.165, 1.54) is 12.8 Å². The zero-order chi connectivity index (χ0) is 14.5.